The Morgan fingerprint density at radius 2 is 1.74 bits per heavy atom. The van der Waals surface area contributed by atoms with E-state index in [1.807, 2.05) is 4.68 Å². The van der Waals surface area contributed by atoms with E-state index in [2.05, 4.69) is 68.2 Å². The molecule has 0 saturated heterocycles. The van der Waals surface area contributed by atoms with Crippen LogP contribution in [0.2, 0.25) is 13.1 Å². The molecule has 0 spiro atoms. The van der Waals surface area contributed by atoms with Crippen molar-refractivity contribution in [2.45, 2.75) is 45.4 Å². The number of rotatable bonds is 3. The maximum atomic E-state index is 4.22. The van der Waals surface area contributed by atoms with Gasteiger partial charge in [-0.2, -0.15) is 5.10 Å². The van der Waals surface area contributed by atoms with Crippen LogP contribution in [-0.2, 0) is 11.6 Å². The largest absolute Gasteiger partial charge is 0.256 e. The Morgan fingerprint density at radius 1 is 1.11 bits per heavy atom. The van der Waals surface area contributed by atoms with Crippen LogP contribution in [0.4, 0.5) is 0 Å². The number of aromatic nitrogens is 3. The molecule has 0 atom stereocenters. The maximum Gasteiger partial charge on any atom is 0.137 e. The summed E-state index contributed by atoms with van der Waals surface area (Å²) in [6, 6.07) is 9.13. The highest BCUT2D eigenvalue weighted by Gasteiger charge is 2.25. The first-order valence-electron chi connectivity index (χ1n) is 6.72. The van der Waals surface area contributed by atoms with Gasteiger partial charge in [-0.25, -0.2) is 4.98 Å². The Kier molecular flexibility index (Phi) is 3.63. The molecule has 4 heteroatoms. The fourth-order valence-corrected chi connectivity index (χ4v) is 4.46. The average molecular weight is 273 g/mol. The lowest BCUT2D eigenvalue weighted by Crippen LogP contribution is -2.46. The van der Waals surface area contributed by atoms with Gasteiger partial charge in [-0.15, -0.1) is 0 Å². The summed E-state index contributed by atoms with van der Waals surface area (Å²) in [5.74, 6) is 0. The molecule has 0 bridgehead atoms. The zero-order valence-electron chi connectivity index (χ0n) is 12.5. The zero-order chi connectivity index (χ0) is 14.1. The molecule has 0 unspecified atom stereocenters. The third kappa shape index (κ3) is 3.32. The van der Waals surface area contributed by atoms with E-state index < -0.39 is 8.07 Å². The Labute approximate surface area is 116 Å². The summed E-state index contributed by atoms with van der Waals surface area (Å²) in [5.41, 5.74) is 1.61. The fourth-order valence-electron chi connectivity index (χ4n) is 2.23. The van der Waals surface area contributed by atoms with Crippen molar-refractivity contribution in [3.63, 3.8) is 0 Å². The van der Waals surface area contributed by atoms with Gasteiger partial charge in [0.1, 0.15) is 20.7 Å². The van der Waals surface area contributed by atoms with Crippen LogP contribution in [0.25, 0.3) is 0 Å². The first-order chi connectivity index (χ1) is 8.79. The molecular weight excluding hydrogens is 250 g/mol. The van der Waals surface area contributed by atoms with Gasteiger partial charge in [-0.1, -0.05) is 63.3 Å². The lowest BCUT2D eigenvalue weighted by Gasteiger charge is -2.25. The molecule has 1 aromatic carbocycles. The van der Waals surface area contributed by atoms with Crippen LogP contribution in [0.15, 0.2) is 36.9 Å². The average Bonchev–Trinajstić information content (AvgIpc) is 2.80. The fraction of sp³-hybridized carbons (Fsp3) is 0.467. The minimum absolute atomic E-state index is 0.218. The molecule has 0 aliphatic carbocycles. The standard InChI is InChI=1S/C15H23N3Si/c1-15(2,3)13-6-8-14(9-7-13)19(4,5)12-18-11-16-10-17-18/h6-11H,12H2,1-5H3. The lowest BCUT2D eigenvalue weighted by atomic mass is 9.87. The summed E-state index contributed by atoms with van der Waals surface area (Å²) < 4.78 is 1.95. The maximum absolute atomic E-state index is 4.22. The van der Waals surface area contributed by atoms with E-state index in [1.54, 1.807) is 12.7 Å². The van der Waals surface area contributed by atoms with Crippen LogP contribution >= 0.6 is 0 Å². The SMILES string of the molecule is CC(C)(C)c1ccc([Si](C)(C)Cn2cncn2)cc1. The molecule has 19 heavy (non-hydrogen) atoms. The second-order valence-electron chi connectivity index (χ2n) is 6.80. The van der Waals surface area contributed by atoms with Crippen molar-refractivity contribution >= 4 is 13.3 Å². The molecule has 1 heterocycles. The topological polar surface area (TPSA) is 30.7 Å². The Hall–Kier alpha value is -1.42. The van der Waals surface area contributed by atoms with E-state index in [9.17, 15) is 0 Å². The molecule has 0 saturated carbocycles. The normalized spacial score (nSPS) is 12.7. The van der Waals surface area contributed by atoms with Gasteiger partial charge in [0.2, 0.25) is 0 Å². The first kappa shape index (κ1) is 14.0. The number of benzene rings is 1. The van der Waals surface area contributed by atoms with Gasteiger partial charge in [0.15, 0.2) is 0 Å². The van der Waals surface area contributed by atoms with Gasteiger partial charge in [0.25, 0.3) is 0 Å². The summed E-state index contributed by atoms with van der Waals surface area (Å²) >= 11 is 0. The monoisotopic (exact) mass is 273 g/mol. The third-order valence-corrected chi connectivity index (χ3v) is 6.57. The van der Waals surface area contributed by atoms with E-state index >= 15 is 0 Å². The minimum atomic E-state index is -1.51. The highest BCUT2D eigenvalue weighted by molar-refractivity contribution is 6.88. The van der Waals surface area contributed by atoms with Crippen molar-refractivity contribution < 1.29 is 0 Å². The molecule has 0 aliphatic rings. The van der Waals surface area contributed by atoms with Gasteiger partial charge in [0.05, 0.1) is 0 Å². The summed E-state index contributed by atoms with van der Waals surface area (Å²) in [5, 5.41) is 5.69. The summed E-state index contributed by atoms with van der Waals surface area (Å²) in [4.78, 5) is 4.02. The van der Waals surface area contributed by atoms with Crippen LogP contribution in [-0.4, -0.2) is 22.8 Å². The highest BCUT2D eigenvalue weighted by Crippen LogP contribution is 2.21. The Bertz CT molecular complexity index is 522. The molecule has 0 radical (unpaired) electrons. The van der Waals surface area contributed by atoms with Gasteiger partial charge in [-0.3, -0.25) is 4.68 Å². The molecule has 1 aromatic heterocycles. The third-order valence-electron chi connectivity index (χ3n) is 3.56. The number of hydrogen-bond donors (Lipinski definition) is 0. The first-order valence-corrected chi connectivity index (χ1v) is 9.93. The molecule has 0 N–H and O–H groups in total. The van der Waals surface area contributed by atoms with Crippen molar-refractivity contribution in [1.29, 1.82) is 0 Å². The molecule has 0 aliphatic heterocycles. The lowest BCUT2D eigenvalue weighted by molar-refractivity contribution is 0.590. The minimum Gasteiger partial charge on any atom is -0.256 e. The molecule has 102 valence electrons. The van der Waals surface area contributed by atoms with E-state index in [-0.39, 0.29) is 5.41 Å². The molecule has 0 amide bonds. The van der Waals surface area contributed by atoms with Gasteiger partial charge in [-0.05, 0) is 11.0 Å². The molecular formula is C15H23N3Si. The summed E-state index contributed by atoms with van der Waals surface area (Å²) in [7, 11) is -1.51. The van der Waals surface area contributed by atoms with E-state index in [4.69, 9.17) is 0 Å². The quantitative estimate of drug-likeness (QED) is 0.805. The number of nitrogens with zero attached hydrogens (tertiary/aromatic N) is 3. The zero-order valence-corrected chi connectivity index (χ0v) is 13.5. The van der Waals surface area contributed by atoms with E-state index in [1.165, 1.54) is 10.8 Å². The second-order valence-corrected chi connectivity index (χ2v) is 11.5. The van der Waals surface area contributed by atoms with Crippen molar-refractivity contribution in [2.75, 3.05) is 0 Å². The van der Waals surface area contributed by atoms with Gasteiger partial charge in [0, 0.05) is 6.17 Å². The predicted molar refractivity (Wildman–Crippen MR) is 82.3 cm³/mol. The molecule has 2 aromatic rings. The Morgan fingerprint density at radius 3 is 2.21 bits per heavy atom. The van der Waals surface area contributed by atoms with Gasteiger partial charge >= 0.3 is 0 Å². The van der Waals surface area contributed by atoms with Crippen molar-refractivity contribution in [3.05, 3.63) is 42.5 Å². The predicted octanol–water partition coefficient (Wildman–Crippen LogP) is 2.73. The van der Waals surface area contributed by atoms with Crippen LogP contribution in [0.5, 0.6) is 0 Å². The molecule has 0 fully saturated rings. The highest BCUT2D eigenvalue weighted by atomic mass is 28.3. The van der Waals surface area contributed by atoms with Crippen LogP contribution in [0.1, 0.15) is 26.3 Å². The van der Waals surface area contributed by atoms with E-state index in [0.717, 1.165) is 6.17 Å². The summed E-state index contributed by atoms with van der Waals surface area (Å²) in [6.07, 6.45) is 4.38. The Balaban J connectivity index is 2.21. The van der Waals surface area contributed by atoms with Crippen molar-refractivity contribution in [3.8, 4) is 0 Å². The van der Waals surface area contributed by atoms with Crippen molar-refractivity contribution in [2.24, 2.45) is 0 Å². The van der Waals surface area contributed by atoms with Crippen molar-refractivity contribution in [1.82, 2.24) is 14.8 Å². The van der Waals surface area contributed by atoms with Gasteiger partial charge < -0.3 is 0 Å². The molecule has 3 nitrogen and oxygen atoms in total. The smallest absolute Gasteiger partial charge is 0.137 e. The van der Waals surface area contributed by atoms with Crippen LogP contribution in [0.3, 0.4) is 0 Å². The van der Waals surface area contributed by atoms with Crippen LogP contribution < -0.4 is 5.19 Å². The van der Waals surface area contributed by atoms with E-state index in [0.29, 0.717) is 0 Å². The van der Waals surface area contributed by atoms with Crippen LogP contribution in [0, 0.1) is 0 Å². The molecule has 2 rings (SSSR count). The number of hydrogen-bond acceptors (Lipinski definition) is 2. The summed E-state index contributed by atoms with van der Waals surface area (Å²) in [6.45, 7) is 11.5. The second kappa shape index (κ2) is 4.93.